The number of hydrogen-bond acceptors (Lipinski definition) is 5. The first kappa shape index (κ1) is 23.6. The predicted molar refractivity (Wildman–Crippen MR) is 143 cm³/mol. The summed E-state index contributed by atoms with van der Waals surface area (Å²) in [6, 6.07) is 19.3. The molecule has 0 aliphatic carbocycles. The monoisotopic (exact) mass is 482 g/mol. The van der Waals surface area contributed by atoms with Gasteiger partial charge in [-0.05, 0) is 54.6 Å². The number of nitrogens with one attached hydrogen (secondary N) is 2. The molecule has 1 aliphatic rings. The number of hydrogen-bond donors (Lipinski definition) is 2. The van der Waals surface area contributed by atoms with Crippen molar-refractivity contribution < 1.29 is 9.59 Å². The Morgan fingerprint density at radius 2 is 1.78 bits per heavy atom. The van der Waals surface area contributed by atoms with E-state index in [4.69, 9.17) is 0 Å². The molecule has 2 aromatic carbocycles. The molecule has 2 amide bonds. The van der Waals surface area contributed by atoms with Crippen LogP contribution in [0, 0.1) is 0 Å². The van der Waals surface area contributed by atoms with E-state index in [0.717, 1.165) is 41.9 Å². The van der Waals surface area contributed by atoms with Crippen LogP contribution in [0.25, 0.3) is 10.9 Å². The van der Waals surface area contributed by atoms with Crippen molar-refractivity contribution in [2.75, 3.05) is 43.9 Å². The zero-order valence-corrected chi connectivity index (χ0v) is 20.7. The van der Waals surface area contributed by atoms with Crippen molar-refractivity contribution in [3.05, 3.63) is 84.2 Å². The van der Waals surface area contributed by atoms with Gasteiger partial charge in [-0.3, -0.25) is 9.36 Å². The lowest BCUT2D eigenvalue weighted by Crippen LogP contribution is -2.44. The second kappa shape index (κ2) is 9.83. The highest BCUT2D eigenvalue weighted by atomic mass is 16.2. The molecule has 1 fully saturated rings. The molecule has 0 bridgehead atoms. The van der Waals surface area contributed by atoms with E-state index in [1.54, 1.807) is 24.0 Å². The van der Waals surface area contributed by atoms with Crippen LogP contribution in [0.3, 0.4) is 0 Å². The maximum absolute atomic E-state index is 12.8. The summed E-state index contributed by atoms with van der Waals surface area (Å²) in [6.07, 6.45) is 3.44. The molecule has 0 unspecified atom stereocenters. The van der Waals surface area contributed by atoms with Gasteiger partial charge in [-0.1, -0.05) is 19.1 Å². The highest BCUT2D eigenvalue weighted by Gasteiger charge is 2.26. The van der Waals surface area contributed by atoms with Gasteiger partial charge in [0.25, 0.3) is 5.91 Å². The number of likely N-dealkylation sites (N-methyl/N-ethyl adjacent to an activating group) is 1. The molecule has 184 valence electrons. The predicted octanol–water partition coefficient (Wildman–Crippen LogP) is 4.66. The van der Waals surface area contributed by atoms with E-state index in [-0.39, 0.29) is 11.9 Å². The molecule has 0 atom stereocenters. The number of pyridine rings is 1. The average molecular weight is 483 g/mol. The number of rotatable bonds is 6. The topological polar surface area (TPSA) is 82.5 Å². The van der Waals surface area contributed by atoms with Gasteiger partial charge in [-0.25, -0.2) is 9.78 Å². The third-order valence-electron chi connectivity index (χ3n) is 6.91. The largest absolute Gasteiger partial charge is 0.344 e. The van der Waals surface area contributed by atoms with Gasteiger partial charge in [0.2, 0.25) is 0 Å². The second-order valence-electron chi connectivity index (χ2n) is 9.07. The minimum Gasteiger partial charge on any atom is -0.344 e. The third-order valence-corrected chi connectivity index (χ3v) is 6.91. The lowest BCUT2D eigenvalue weighted by Gasteiger charge is -2.38. The highest BCUT2D eigenvalue weighted by Crippen LogP contribution is 2.29. The summed E-state index contributed by atoms with van der Waals surface area (Å²) in [5, 5.41) is 6.52. The Morgan fingerprint density at radius 3 is 2.50 bits per heavy atom. The Bertz CT molecular complexity index is 1410. The minimum atomic E-state index is -0.186. The number of likely N-dealkylation sites (tertiary alicyclic amines) is 1. The molecule has 3 heterocycles. The van der Waals surface area contributed by atoms with Crippen LogP contribution in [-0.2, 0) is 0 Å². The molecular formula is C28H30N6O2. The Kier molecular flexibility index (Phi) is 6.43. The van der Waals surface area contributed by atoms with Crippen molar-refractivity contribution in [3.63, 3.8) is 0 Å². The van der Waals surface area contributed by atoms with Crippen molar-refractivity contribution >= 4 is 40.0 Å². The van der Waals surface area contributed by atoms with Crippen LogP contribution in [0.15, 0.2) is 73.1 Å². The van der Waals surface area contributed by atoms with Crippen LogP contribution in [0.4, 0.5) is 22.0 Å². The smallest absolute Gasteiger partial charge is 0.325 e. The zero-order valence-electron chi connectivity index (χ0n) is 20.7. The van der Waals surface area contributed by atoms with Gasteiger partial charge in [0.15, 0.2) is 0 Å². The van der Waals surface area contributed by atoms with Crippen molar-refractivity contribution in [2.45, 2.75) is 12.8 Å². The molecular weight excluding hydrogens is 452 g/mol. The van der Waals surface area contributed by atoms with Crippen molar-refractivity contribution in [1.29, 1.82) is 0 Å². The third kappa shape index (κ3) is 4.55. The number of anilines is 3. The van der Waals surface area contributed by atoms with E-state index < -0.39 is 0 Å². The van der Waals surface area contributed by atoms with Crippen LogP contribution < -0.4 is 15.5 Å². The van der Waals surface area contributed by atoms with Crippen LogP contribution in [-0.4, -0.2) is 60.1 Å². The summed E-state index contributed by atoms with van der Waals surface area (Å²) in [5.74, 6) is 0.852. The van der Waals surface area contributed by atoms with Gasteiger partial charge < -0.3 is 20.4 Å². The molecule has 2 aromatic heterocycles. The molecule has 0 saturated carbocycles. The molecule has 5 rings (SSSR count). The summed E-state index contributed by atoms with van der Waals surface area (Å²) in [5.41, 5.74) is 4.55. The summed E-state index contributed by atoms with van der Waals surface area (Å²) >= 11 is 0. The molecule has 0 radical (unpaired) electrons. The van der Waals surface area contributed by atoms with Gasteiger partial charge in [0.05, 0.1) is 5.52 Å². The van der Waals surface area contributed by atoms with Gasteiger partial charge in [-0.15, -0.1) is 0 Å². The van der Waals surface area contributed by atoms with Gasteiger partial charge in [0.1, 0.15) is 5.82 Å². The molecule has 2 N–H and O–H groups in total. The Morgan fingerprint density at radius 1 is 1.03 bits per heavy atom. The maximum Gasteiger partial charge on any atom is 0.325 e. The Hall–Kier alpha value is -4.17. The number of carbonyl (C=O) groups excluding carboxylic acids is 2. The first-order chi connectivity index (χ1) is 17.5. The van der Waals surface area contributed by atoms with Gasteiger partial charge >= 0.3 is 6.03 Å². The molecule has 8 nitrogen and oxygen atoms in total. The van der Waals surface area contributed by atoms with Crippen molar-refractivity contribution in [3.8, 4) is 0 Å². The van der Waals surface area contributed by atoms with Crippen molar-refractivity contribution in [2.24, 2.45) is 0 Å². The Balaban J connectivity index is 1.28. The van der Waals surface area contributed by atoms with E-state index in [2.05, 4.69) is 39.6 Å². The minimum absolute atomic E-state index is 0.179. The molecule has 1 saturated heterocycles. The number of nitrogens with zero attached hydrogens (tertiary/aromatic N) is 4. The fourth-order valence-electron chi connectivity index (χ4n) is 4.62. The number of aromatic nitrogens is 2. The Labute approximate surface area is 210 Å². The molecule has 0 spiro atoms. The average Bonchev–Trinajstić information content (AvgIpc) is 3.31. The molecule has 8 heteroatoms. The highest BCUT2D eigenvalue weighted by molar-refractivity contribution is 6.04. The number of fused-ring (bicyclic) bond motifs is 1. The second-order valence-corrected chi connectivity index (χ2v) is 9.07. The van der Waals surface area contributed by atoms with E-state index in [0.29, 0.717) is 17.3 Å². The number of carbonyl (C=O) groups is 2. The van der Waals surface area contributed by atoms with Gasteiger partial charge in [0, 0.05) is 73.9 Å². The van der Waals surface area contributed by atoms with Crippen LogP contribution >= 0.6 is 0 Å². The standard InChI is InChI=1S/C28H30N6O2/c1-4-33-17-22(18-33)19-5-7-20(8-6-19)27(35)31-26-16-24(11-13-30-26)32(3)23-9-10-25-21(15-23)12-14-34(25)28(36)29-2/h5-16,22H,4,17-18H2,1-3H3,(H,29,36)(H,30,31,35). The fourth-order valence-corrected chi connectivity index (χ4v) is 4.62. The number of amides is 2. The SMILES string of the molecule is CCN1CC(c2ccc(C(=O)Nc3cc(N(C)c4ccc5c(ccn5C(=O)NC)c4)ccn3)cc2)C1. The lowest BCUT2D eigenvalue weighted by molar-refractivity contribution is 0.102. The summed E-state index contributed by atoms with van der Waals surface area (Å²) in [6.45, 7) is 5.42. The molecule has 4 aromatic rings. The van der Waals surface area contributed by atoms with Crippen LogP contribution in [0.2, 0.25) is 0 Å². The quantitative estimate of drug-likeness (QED) is 0.418. The lowest BCUT2D eigenvalue weighted by atomic mass is 9.91. The summed E-state index contributed by atoms with van der Waals surface area (Å²) < 4.78 is 1.58. The first-order valence-corrected chi connectivity index (χ1v) is 12.1. The van der Waals surface area contributed by atoms with E-state index in [1.807, 2.05) is 60.5 Å². The van der Waals surface area contributed by atoms with Crippen LogP contribution in [0.5, 0.6) is 0 Å². The van der Waals surface area contributed by atoms with Crippen LogP contribution in [0.1, 0.15) is 28.8 Å². The summed E-state index contributed by atoms with van der Waals surface area (Å²) in [7, 11) is 3.57. The van der Waals surface area contributed by atoms with E-state index in [9.17, 15) is 9.59 Å². The summed E-state index contributed by atoms with van der Waals surface area (Å²) in [4.78, 5) is 33.6. The fraction of sp³-hybridized carbons (Fsp3) is 0.250. The normalized spacial score (nSPS) is 13.9. The van der Waals surface area contributed by atoms with E-state index in [1.165, 1.54) is 5.56 Å². The first-order valence-electron chi connectivity index (χ1n) is 12.1. The maximum atomic E-state index is 12.8. The van der Waals surface area contributed by atoms with E-state index >= 15 is 0 Å². The molecule has 36 heavy (non-hydrogen) atoms. The van der Waals surface area contributed by atoms with Crippen molar-refractivity contribution in [1.82, 2.24) is 19.8 Å². The molecule has 1 aliphatic heterocycles. The number of benzene rings is 2. The van der Waals surface area contributed by atoms with Gasteiger partial charge in [-0.2, -0.15) is 0 Å². The zero-order chi connectivity index (χ0) is 25.2.